The lowest BCUT2D eigenvalue weighted by atomic mass is 9.91. The lowest BCUT2D eigenvalue weighted by molar-refractivity contribution is -0.133. The Labute approximate surface area is 134 Å². The second kappa shape index (κ2) is 5.80. The standard InChI is InChI=1S/C16H19ClO5/c1-8-9(2)14-12(10(3)13(8)20-11(4)18)6-7-16(5,21-14)22-15(17)19/h6-7H2,1-5H3/t16-/m1/s1. The van der Waals surface area contributed by atoms with Gasteiger partial charge in [0.15, 0.2) is 0 Å². The Kier molecular flexibility index (Phi) is 4.38. The summed E-state index contributed by atoms with van der Waals surface area (Å²) in [5.41, 5.74) is 2.62. The zero-order valence-electron chi connectivity index (χ0n) is 13.3. The van der Waals surface area contributed by atoms with Crippen molar-refractivity contribution in [2.24, 2.45) is 0 Å². The molecule has 2 rings (SSSR count). The Bertz CT molecular complexity index is 653. The fourth-order valence-electron chi connectivity index (χ4n) is 2.75. The predicted molar refractivity (Wildman–Crippen MR) is 81.7 cm³/mol. The largest absolute Gasteiger partial charge is 0.452 e. The summed E-state index contributed by atoms with van der Waals surface area (Å²) in [4.78, 5) is 22.3. The number of esters is 1. The SMILES string of the molecule is CC(=O)Oc1c(C)c(C)c2c(c1C)CC[C@@](C)(OC(=O)Cl)O2. The minimum atomic E-state index is -1.08. The van der Waals surface area contributed by atoms with Crippen LogP contribution in [0.4, 0.5) is 4.79 Å². The zero-order chi connectivity index (χ0) is 16.7. The van der Waals surface area contributed by atoms with Crippen molar-refractivity contribution in [2.75, 3.05) is 0 Å². The zero-order valence-corrected chi connectivity index (χ0v) is 14.1. The highest BCUT2D eigenvalue weighted by atomic mass is 35.5. The lowest BCUT2D eigenvalue weighted by Crippen LogP contribution is -2.40. The predicted octanol–water partition coefficient (Wildman–Crippen LogP) is 3.95. The molecule has 0 fully saturated rings. The topological polar surface area (TPSA) is 61.8 Å². The molecule has 1 heterocycles. The Morgan fingerprint density at radius 2 is 1.82 bits per heavy atom. The Morgan fingerprint density at radius 1 is 1.18 bits per heavy atom. The molecule has 1 aliphatic heterocycles. The number of hydrogen-bond acceptors (Lipinski definition) is 5. The Morgan fingerprint density at radius 3 is 2.36 bits per heavy atom. The van der Waals surface area contributed by atoms with Gasteiger partial charge in [-0.25, -0.2) is 4.79 Å². The minimum Gasteiger partial charge on any atom is -0.452 e. The molecule has 1 aromatic rings. The Hall–Kier alpha value is -1.75. The van der Waals surface area contributed by atoms with Crippen molar-refractivity contribution in [1.82, 2.24) is 0 Å². The lowest BCUT2D eigenvalue weighted by Gasteiger charge is -2.36. The van der Waals surface area contributed by atoms with Crippen LogP contribution in [0, 0.1) is 20.8 Å². The molecule has 0 aliphatic carbocycles. The van der Waals surface area contributed by atoms with Crippen LogP contribution in [0.2, 0.25) is 0 Å². The summed E-state index contributed by atoms with van der Waals surface area (Å²) < 4.78 is 16.3. The second-order valence-corrected chi connectivity index (χ2v) is 5.99. The number of ether oxygens (including phenoxy) is 3. The first kappa shape index (κ1) is 16.6. The third-order valence-corrected chi connectivity index (χ3v) is 4.08. The molecule has 0 saturated carbocycles. The van der Waals surface area contributed by atoms with E-state index in [1.54, 1.807) is 6.92 Å². The van der Waals surface area contributed by atoms with Crippen LogP contribution >= 0.6 is 11.6 Å². The van der Waals surface area contributed by atoms with Crippen molar-refractivity contribution in [1.29, 1.82) is 0 Å². The fourth-order valence-corrected chi connectivity index (χ4v) is 2.92. The number of benzene rings is 1. The average Bonchev–Trinajstić information content (AvgIpc) is 2.39. The first-order valence-corrected chi connectivity index (χ1v) is 7.41. The van der Waals surface area contributed by atoms with E-state index in [1.807, 2.05) is 20.8 Å². The van der Waals surface area contributed by atoms with E-state index in [2.05, 4.69) is 0 Å². The number of halogens is 1. The molecule has 0 radical (unpaired) electrons. The molecular formula is C16H19ClO5. The van der Waals surface area contributed by atoms with Crippen LogP contribution in [0.3, 0.4) is 0 Å². The number of rotatable bonds is 2. The minimum absolute atomic E-state index is 0.358. The highest BCUT2D eigenvalue weighted by molar-refractivity contribution is 6.61. The van der Waals surface area contributed by atoms with Crippen LogP contribution in [0.15, 0.2) is 0 Å². The fraction of sp³-hybridized carbons (Fsp3) is 0.500. The maximum absolute atomic E-state index is 11.3. The molecule has 1 aromatic carbocycles. The first-order valence-electron chi connectivity index (χ1n) is 7.03. The summed E-state index contributed by atoms with van der Waals surface area (Å²) >= 11 is 5.31. The summed E-state index contributed by atoms with van der Waals surface area (Å²) in [7, 11) is 0. The average molecular weight is 327 g/mol. The molecule has 22 heavy (non-hydrogen) atoms. The van der Waals surface area contributed by atoms with Crippen LogP contribution < -0.4 is 9.47 Å². The van der Waals surface area contributed by atoms with E-state index in [4.69, 9.17) is 25.8 Å². The van der Waals surface area contributed by atoms with Gasteiger partial charge in [-0.1, -0.05) is 0 Å². The molecule has 0 N–H and O–H groups in total. The third kappa shape index (κ3) is 3.04. The summed E-state index contributed by atoms with van der Waals surface area (Å²) in [5.74, 6) is -0.204. The van der Waals surface area contributed by atoms with E-state index in [-0.39, 0.29) is 5.97 Å². The van der Waals surface area contributed by atoms with Gasteiger partial charge in [0.1, 0.15) is 11.5 Å². The van der Waals surface area contributed by atoms with E-state index < -0.39 is 11.2 Å². The summed E-state index contributed by atoms with van der Waals surface area (Å²) in [6.07, 6.45) is 1.11. The quantitative estimate of drug-likeness (QED) is 0.468. The van der Waals surface area contributed by atoms with Crippen molar-refractivity contribution < 1.29 is 23.8 Å². The molecule has 1 aliphatic rings. The molecular weight excluding hydrogens is 308 g/mol. The van der Waals surface area contributed by atoms with Gasteiger partial charge >= 0.3 is 11.4 Å². The van der Waals surface area contributed by atoms with E-state index in [0.717, 1.165) is 22.3 Å². The third-order valence-electron chi connectivity index (χ3n) is 4.00. The molecule has 0 saturated heterocycles. The number of hydrogen-bond donors (Lipinski definition) is 0. The number of fused-ring (bicyclic) bond motifs is 1. The highest BCUT2D eigenvalue weighted by Crippen LogP contribution is 2.44. The van der Waals surface area contributed by atoms with Gasteiger partial charge in [-0.05, 0) is 43.9 Å². The van der Waals surface area contributed by atoms with Gasteiger partial charge in [-0.3, -0.25) is 4.79 Å². The van der Waals surface area contributed by atoms with Crippen molar-refractivity contribution in [3.8, 4) is 11.5 Å². The maximum Gasteiger partial charge on any atom is 0.407 e. The van der Waals surface area contributed by atoms with E-state index in [9.17, 15) is 9.59 Å². The highest BCUT2D eigenvalue weighted by Gasteiger charge is 2.37. The van der Waals surface area contributed by atoms with E-state index >= 15 is 0 Å². The van der Waals surface area contributed by atoms with Gasteiger partial charge in [0.05, 0.1) is 0 Å². The van der Waals surface area contributed by atoms with Gasteiger partial charge in [0.2, 0.25) is 0 Å². The van der Waals surface area contributed by atoms with E-state index in [0.29, 0.717) is 24.3 Å². The van der Waals surface area contributed by atoms with Crippen LogP contribution in [-0.4, -0.2) is 17.2 Å². The first-order chi connectivity index (χ1) is 10.1. The summed E-state index contributed by atoms with van der Waals surface area (Å²) in [6.45, 7) is 8.70. The summed E-state index contributed by atoms with van der Waals surface area (Å²) in [5, 5.41) is 0. The Balaban J connectivity index is 2.50. The normalized spacial score (nSPS) is 19.9. The van der Waals surface area contributed by atoms with Crippen molar-refractivity contribution in [3.63, 3.8) is 0 Å². The molecule has 0 bridgehead atoms. The second-order valence-electron chi connectivity index (χ2n) is 5.68. The smallest absolute Gasteiger partial charge is 0.407 e. The molecule has 0 aromatic heterocycles. The van der Waals surface area contributed by atoms with E-state index in [1.165, 1.54) is 6.92 Å². The molecule has 0 amide bonds. The van der Waals surface area contributed by atoms with Crippen LogP contribution in [0.5, 0.6) is 11.5 Å². The van der Waals surface area contributed by atoms with Gasteiger partial charge in [-0.15, -0.1) is 0 Å². The summed E-state index contributed by atoms with van der Waals surface area (Å²) in [6, 6.07) is 0. The van der Waals surface area contributed by atoms with Crippen LogP contribution in [0.25, 0.3) is 0 Å². The molecule has 1 atom stereocenters. The van der Waals surface area contributed by atoms with Gasteiger partial charge < -0.3 is 14.2 Å². The van der Waals surface area contributed by atoms with Gasteiger partial charge in [0, 0.05) is 37.4 Å². The van der Waals surface area contributed by atoms with Gasteiger partial charge in [0.25, 0.3) is 5.79 Å². The molecule has 5 nitrogen and oxygen atoms in total. The number of carbonyl (C=O) groups excluding carboxylic acids is 2. The van der Waals surface area contributed by atoms with Crippen molar-refractivity contribution in [3.05, 3.63) is 22.3 Å². The molecule has 0 unspecified atom stereocenters. The number of carbonyl (C=O) groups is 2. The van der Waals surface area contributed by atoms with Crippen LogP contribution in [-0.2, 0) is 16.0 Å². The molecule has 0 spiro atoms. The van der Waals surface area contributed by atoms with Crippen molar-refractivity contribution >= 4 is 23.0 Å². The monoisotopic (exact) mass is 326 g/mol. The maximum atomic E-state index is 11.3. The van der Waals surface area contributed by atoms with Gasteiger partial charge in [-0.2, -0.15) is 0 Å². The van der Waals surface area contributed by atoms with Crippen LogP contribution in [0.1, 0.15) is 42.5 Å². The van der Waals surface area contributed by atoms with Crippen molar-refractivity contribution in [2.45, 2.75) is 53.2 Å². The molecule has 6 heteroatoms. The molecule has 120 valence electrons.